The van der Waals surface area contributed by atoms with Crippen LogP contribution in [0.5, 0.6) is 0 Å². The Morgan fingerprint density at radius 3 is 2.24 bits per heavy atom. The molecule has 6 aliphatic rings. The van der Waals surface area contributed by atoms with E-state index in [0.29, 0.717) is 37.5 Å². The molecule has 9 heteroatoms. The van der Waals surface area contributed by atoms with Crippen molar-refractivity contribution in [2.75, 3.05) is 13.2 Å². The molecule has 254 valence electrons. The summed E-state index contributed by atoms with van der Waals surface area (Å²) in [6, 6.07) is 0. The van der Waals surface area contributed by atoms with Gasteiger partial charge in [0.05, 0.1) is 18.1 Å². The summed E-state index contributed by atoms with van der Waals surface area (Å²) in [4.78, 5) is 14.4. The molecule has 0 unspecified atom stereocenters. The molecule has 0 amide bonds. The highest BCUT2D eigenvalue weighted by atomic mass is 16.7. The van der Waals surface area contributed by atoms with Crippen molar-refractivity contribution in [3.05, 3.63) is 23.3 Å². The number of ether oxygens (including phenoxy) is 2. The molecule has 9 nitrogen and oxygen atoms in total. The molecule has 6 rings (SSSR count). The molecule has 6 N–H and O–H groups in total. The Balaban J connectivity index is 1.42. The van der Waals surface area contributed by atoms with Crippen molar-refractivity contribution in [3.63, 3.8) is 0 Å². The Morgan fingerprint density at radius 1 is 0.889 bits per heavy atom. The van der Waals surface area contributed by atoms with Crippen LogP contribution in [-0.2, 0) is 14.3 Å². The van der Waals surface area contributed by atoms with Gasteiger partial charge in [-0.25, -0.2) is 0 Å². The van der Waals surface area contributed by atoms with Crippen molar-refractivity contribution in [3.8, 4) is 0 Å². The summed E-state index contributed by atoms with van der Waals surface area (Å²) < 4.78 is 11.5. The number of esters is 1. The predicted molar refractivity (Wildman–Crippen MR) is 166 cm³/mol. The standard InChI is InChI=1S/C36H56O9/c1-31(2)23-9-12-35(6)24(33(23,4)11-10-25(31)39)8-7-20-21-17-32(3,19-38)13-15-36(21,16-14-34(20,35)5)30(43)45-29-28(42)27(41)26(40)22(18-37)44-29/h7-8,22-29,37-42H,9-19H2,1-6H3/t22-,23+,24-,25+,26-,27+,28-,29+,32+,33+,34-,35-,36+/m1/s1. The van der Waals surface area contributed by atoms with E-state index in [1.807, 2.05) is 0 Å². The molecular formula is C36H56O9. The fourth-order valence-corrected chi connectivity index (χ4v) is 11.4. The first-order valence-corrected chi connectivity index (χ1v) is 17.2. The van der Waals surface area contributed by atoms with Crippen molar-refractivity contribution >= 4 is 5.97 Å². The Labute approximate surface area is 267 Å². The molecular weight excluding hydrogens is 576 g/mol. The molecule has 0 spiro atoms. The lowest BCUT2D eigenvalue weighted by Crippen LogP contribution is -2.63. The van der Waals surface area contributed by atoms with Crippen molar-refractivity contribution in [1.29, 1.82) is 0 Å². The first-order valence-electron chi connectivity index (χ1n) is 17.2. The number of aliphatic hydroxyl groups excluding tert-OH is 6. The lowest BCUT2D eigenvalue weighted by Gasteiger charge is -2.69. The number of carbonyl (C=O) groups excluding carboxylic acids is 1. The summed E-state index contributed by atoms with van der Waals surface area (Å²) in [5.74, 6) is 0.180. The summed E-state index contributed by atoms with van der Waals surface area (Å²) in [6.07, 6.45) is 3.64. The number of allylic oxidation sites excluding steroid dienone is 3. The lowest BCUT2D eigenvalue weighted by atomic mass is 9.35. The van der Waals surface area contributed by atoms with Crippen LogP contribution in [-0.4, -0.2) is 86.6 Å². The highest BCUT2D eigenvalue weighted by molar-refractivity contribution is 5.82. The zero-order valence-electron chi connectivity index (χ0n) is 28.0. The van der Waals surface area contributed by atoms with Gasteiger partial charge < -0.3 is 40.1 Å². The van der Waals surface area contributed by atoms with Gasteiger partial charge in [0.2, 0.25) is 6.29 Å². The second-order valence-electron chi connectivity index (χ2n) is 17.3. The summed E-state index contributed by atoms with van der Waals surface area (Å²) in [5.41, 5.74) is 0.356. The smallest absolute Gasteiger partial charge is 0.318 e. The fraction of sp³-hybridized carbons (Fsp3) is 0.861. The highest BCUT2D eigenvalue weighted by Crippen LogP contribution is 2.74. The monoisotopic (exact) mass is 632 g/mol. The Bertz CT molecular complexity index is 1260. The largest absolute Gasteiger partial charge is 0.432 e. The zero-order chi connectivity index (χ0) is 33.0. The van der Waals surface area contributed by atoms with E-state index in [1.54, 1.807) is 0 Å². The molecule has 45 heavy (non-hydrogen) atoms. The van der Waals surface area contributed by atoms with Crippen molar-refractivity contribution in [2.45, 2.75) is 136 Å². The van der Waals surface area contributed by atoms with Crippen LogP contribution in [0.15, 0.2) is 23.3 Å². The maximum absolute atomic E-state index is 14.4. The summed E-state index contributed by atoms with van der Waals surface area (Å²) in [5, 5.41) is 62.5. The van der Waals surface area contributed by atoms with Gasteiger partial charge in [0.25, 0.3) is 0 Å². The van der Waals surface area contributed by atoms with Gasteiger partial charge in [-0.1, -0.05) is 53.7 Å². The minimum absolute atomic E-state index is 0.000893. The van der Waals surface area contributed by atoms with E-state index in [1.165, 1.54) is 0 Å². The Morgan fingerprint density at radius 2 is 1.58 bits per heavy atom. The van der Waals surface area contributed by atoms with E-state index < -0.39 is 54.1 Å². The lowest BCUT2D eigenvalue weighted by molar-refractivity contribution is -0.295. The van der Waals surface area contributed by atoms with Crippen LogP contribution < -0.4 is 0 Å². The molecule has 1 saturated heterocycles. The molecule has 0 radical (unpaired) electrons. The van der Waals surface area contributed by atoms with Crippen LogP contribution >= 0.6 is 0 Å². The third-order valence-electron chi connectivity index (χ3n) is 14.7. The van der Waals surface area contributed by atoms with Crippen LogP contribution in [0.2, 0.25) is 0 Å². The van der Waals surface area contributed by atoms with Gasteiger partial charge in [0, 0.05) is 6.61 Å². The van der Waals surface area contributed by atoms with Crippen LogP contribution in [0, 0.1) is 44.3 Å². The summed E-state index contributed by atoms with van der Waals surface area (Å²) in [6.45, 7) is 13.2. The first-order chi connectivity index (χ1) is 20.9. The zero-order valence-corrected chi connectivity index (χ0v) is 28.0. The normalized spacial score (nSPS) is 52.3. The van der Waals surface area contributed by atoms with Gasteiger partial charge in [-0.3, -0.25) is 4.79 Å². The van der Waals surface area contributed by atoms with Crippen LogP contribution in [0.1, 0.15) is 99.3 Å². The van der Waals surface area contributed by atoms with Gasteiger partial charge in [0.1, 0.15) is 24.4 Å². The fourth-order valence-electron chi connectivity index (χ4n) is 11.4. The quantitative estimate of drug-likeness (QED) is 0.256. The van der Waals surface area contributed by atoms with Crippen LogP contribution in [0.25, 0.3) is 0 Å². The van der Waals surface area contributed by atoms with E-state index in [0.717, 1.165) is 43.3 Å². The van der Waals surface area contributed by atoms with Gasteiger partial charge in [-0.2, -0.15) is 0 Å². The van der Waals surface area contributed by atoms with Crippen molar-refractivity contribution < 1.29 is 44.9 Å². The maximum atomic E-state index is 14.4. The SMILES string of the molecule is CC1(C)[C@@H](O)CC[C@]2(C)[C@H]3C=CC4=C5C[C@@](C)(CO)CC[C@]5(C(=O)O[C@@H]5O[C@H](CO)[C@@H](O)[C@H](O)[C@H]5O)CC[C@@]4(C)[C@]3(C)CC[C@@H]12. The molecule has 0 aromatic rings. The van der Waals surface area contributed by atoms with Gasteiger partial charge >= 0.3 is 5.97 Å². The van der Waals surface area contributed by atoms with Crippen LogP contribution in [0.4, 0.5) is 0 Å². The van der Waals surface area contributed by atoms with E-state index >= 15 is 0 Å². The molecule has 3 saturated carbocycles. The number of hydrogen-bond acceptors (Lipinski definition) is 9. The number of carbonyl (C=O) groups is 1. The maximum Gasteiger partial charge on any atom is 0.318 e. The first kappa shape index (κ1) is 33.6. The van der Waals surface area contributed by atoms with Crippen molar-refractivity contribution in [2.24, 2.45) is 44.3 Å². The van der Waals surface area contributed by atoms with E-state index in [9.17, 15) is 35.4 Å². The van der Waals surface area contributed by atoms with Crippen molar-refractivity contribution in [1.82, 2.24) is 0 Å². The minimum Gasteiger partial charge on any atom is -0.432 e. The molecule has 13 atom stereocenters. The average Bonchev–Trinajstić information content (AvgIpc) is 2.99. The topological polar surface area (TPSA) is 157 Å². The van der Waals surface area contributed by atoms with Gasteiger partial charge in [0.15, 0.2) is 0 Å². The number of aliphatic hydroxyl groups is 6. The minimum atomic E-state index is -1.66. The highest BCUT2D eigenvalue weighted by Gasteiger charge is 2.67. The molecule has 4 fully saturated rings. The number of fused-ring (bicyclic) bond motifs is 6. The second-order valence-corrected chi connectivity index (χ2v) is 17.3. The third-order valence-corrected chi connectivity index (χ3v) is 14.7. The molecule has 1 heterocycles. The second kappa shape index (κ2) is 10.8. The molecule has 5 aliphatic carbocycles. The van der Waals surface area contributed by atoms with E-state index in [4.69, 9.17) is 9.47 Å². The van der Waals surface area contributed by atoms with E-state index in [-0.39, 0.29) is 34.4 Å². The Kier molecular flexibility index (Phi) is 8.09. The summed E-state index contributed by atoms with van der Waals surface area (Å²) in [7, 11) is 0. The predicted octanol–water partition coefficient (Wildman–Crippen LogP) is 3.38. The summed E-state index contributed by atoms with van der Waals surface area (Å²) >= 11 is 0. The number of rotatable bonds is 4. The molecule has 0 aromatic carbocycles. The van der Waals surface area contributed by atoms with E-state index in [2.05, 4.69) is 53.7 Å². The van der Waals surface area contributed by atoms with Gasteiger partial charge in [-0.15, -0.1) is 0 Å². The molecule has 0 bridgehead atoms. The average molecular weight is 633 g/mol. The van der Waals surface area contributed by atoms with Crippen LogP contribution in [0.3, 0.4) is 0 Å². The van der Waals surface area contributed by atoms with Gasteiger partial charge in [-0.05, 0) is 108 Å². The number of hydrogen-bond donors (Lipinski definition) is 6. The molecule has 1 aliphatic heterocycles. The molecule has 0 aromatic heterocycles. The Hall–Kier alpha value is -1.33. The third kappa shape index (κ3) is 4.54.